The molecule has 4 fully saturated rings. The molecule has 4 nitrogen and oxygen atoms in total. The second-order valence-electron chi connectivity index (χ2n) is 12.0. The largest absolute Gasteiger partial charge is 0.481 e. The van der Waals surface area contributed by atoms with E-state index in [1.165, 1.54) is 25.7 Å². The standard InChI is InChI=1S/C26H44O4/c1-5-17-21-14-16(27)10-12-26(21,4)20-11-13-25(3)18(15(2)6-9-22(28)29)7-8-19(25)23(20)24(17)30/h15-21,23-24,27,30H,5-14H2,1-4H3,(H,28,29)/t15-,16-,17-,18?,19+,20+,21+,23+,24-,25-,26-/m1/s1. The zero-order valence-electron chi connectivity index (χ0n) is 19.5. The van der Waals surface area contributed by atoms with Crippen molar-refractivity contribution in [3.8, 4) is 0 Å². The van der Waals surface area contributed by atoms with Crippen molar-refractivity contribution in [1.29, 1.82) is 0 Å². The zero-order chi connectivity index (χ0) is 21.8. The molecule has 4 rings (SSSR count). The van der Waals surface area contributed by atoms with Crippen LogP contribution in [0.1, 0.15) is 91.9 Å². The molecule has 3 N–H and O–H groups in total. The van der Waals surface area contributed by atoms with Crippen LogP contribution in [0.3, 0.4) is 0 Å². The summed E-state index contributed by atoms with van der Waals surface area (Å²) in [6.07, 6.45) is 9.27. The molecule has 4 heteroatoms. The summed E-state index contributed by atoms with van der Waals surface area (Å²) in [6.45, 7) is 9.44. The fourth-order valence-corrected chi connectivity index (χ4v) is 9.48. The van der Waals surface area contributed by atoms with Crippen LogP contribution in [-0.2, 0) is 4.79 Å². The Morgan fingerprint density at radius 3 is 2.33 bits per heavy atom. The van der Waals surface area contributed by atoms with E-state index in [0.717, 1.165) is 32.1 Å². The van der Waals surface area contributed by atoms with Gasteiger partial charge in [-0.15, -0.1) is 0 Å². The summed E-state index contributed by atoms with van der Waals surface area (Å²) in [4.78, 5) is 11.1. The molecule has 0 aromatic carbocycles. The van der Waals surface area contributed by atoms with Crippen LogP contribution in [0.15, 0.2) is 0 Å². The van der Waals surface area contributed by atoms with Gasteiger partial charge in [-0.3, -0.25) is 4.79 Å². The number of aliphatic hydroxyl groups excluding tert-OH is 2. The fraction of sp³-hybridized carbons (Fsp3) is 0.962. The molecule has 1 unspecified atom stereocenters. The van der Waals surface area contributed by atoms with Crippen LogP contribution in [-0.4, -0.2) is 33.5 Å². The van der Waals surface area contributed by atoms with Gasteiger partial charge in [0.1, 0.15) is 0 Å². The van der Waals surface area contributed by atoms with Gasteiger partial charge in [-0.2, -0.15) is 0 Å². The number of hydrogen-bond acceptors (Lipinski definition) is 3. The van der Waals surface area contributed by atoms with Crippen LogP contribution in [0, 0.1) is 52.3 Å². The Morgan fingerprint density at radius 1 is 1.00 bits per heavy atom. The minimum Gasteiger partial charge on any atom is -0.481 e. The Bertz CT molecular complexity index is 649. The summed E-state index contributed by atoms with van der Waals surface area (Å²) in [7, 11) is 0. The van der Waals surface area contributed by atoms with Gasteiger partial charge in [0, 0.05) is 6.42 Å². The number of carboxylic acids is 1. The monoisotopic (exact) mass is 420 g/mol. The Labute approximate surface area is 182 Å². The topological polar surface area (TPSA) is 77.8 Å². The first-order chi connectivity index (χ1) is 14.1. The van der Waals surface area contributed by atoms with Crippen LogP contribution >= 0.6 is 0 Å². The number of rotatable bonds is 5. The average Bonchev–Trinajstić information content (AvgIpc) is 3.05. The lowest BCUT2D eigenvalue weighted by molar-refractivity contribution is -0.203. The highest BCUT2D eigenvalue weighted by Gasteiger charge is 2.64. The second-order valence-corrected chi connectivity index (χ2v) is 12.0. The van der Waals surface area contributed by atoms with Gasteiger partial charge in [-0.05, 0) is 104 Å². The van der Waals surface area contributed by atoms with E-state index in [2.05, 4.69) is 27.7 Å². The predicted molar refractivity (Wildman–Crippen MR) is 118 cm³/mol. The van der Waals surface area contributed by atoms with Gasteiger partial charge in [-0.25, -0.2) is 0 Å². The minimum atomic E-state index is -0.683. The second kappa shape index (κ2) is 8.06. The first-order valence-electron chi connectivity index (χ1n) is 12.7. The smallest absolute Gasteiger partial charge is 0.303 e. The van der Waals surface area contributed by atoms with E-state index < -0.39 is 5.97 Å². The van der Waals surface area contributed by atoms with E-state index in [1.54, 1.807) is 0 Å². The lowest BCUT2D eigenvalue weighted by atomic mass is 9.41. The van der Waals surface area contributed by atoms with Gasteiger partial charge in [0.15, 0.2) is 0 Å². The van der Waals surface area contributed by atoms with Gasteiger partial charge < -0.3 is 15.3 Å². The maximum absolute atomic E-state index is 11.7. The van der Waals surface area contributed by atoms with E-state index >= 15 is 0 Å². The van der Waals surface area contributed by atoms with Crippen LogP contribution in [0.25, 0.3) is 0 Å². The lowest BCUT2D eigenvalue weighted by Crippen LogP contribution is -2.62. The summed E-state index contributed by atoms with van der Waals surface area (Å²) in [5.41, 5.74) is 0.480. The summed E-state index contributed by atoms with van der Waals surface area (Å²) < 4.78 is 0. The molecular weight excluding hydrogens is 376 g/mol. The van der Waals surface area contributed by atoms with Gasteiger partial charge in [-0.1, -0.05) is 34.1 Å². The number of carboxylic acid groups (broad SMARTS) is 1. The molecule has 4 aliphatic carbocycles. The van der Waals surface area contributed by atoms with E-state index in [-0.39, 0.29) is 29.5 Å². The Balaban J connectivity index is 1.61. The Morgan fingerprint density at radius 2 is 1.67 bits per heavy atom. The summed E-state index contributed by atoms with van der Waals surface area (Å²) in [6, 6.07) is 0. The molecule has 0 radical (unpaired) electrons. The van der Waals surface area contributed by atoms with Gasteiger partial charge >= 0.3 is 5.97 Å². The number of carbonyl (C=O) groups is 1. The van der Waals surface area contributed by atoms with Crippen LogP contribution in [0.4, 0.5) is 0 Å². The first kappa shape index (κ1) is 22.6. The Hall–Kier alpha value is -0.610. The quantitative estimate of drug-likeness (QED) is 0.577. The fourth-order valence-electron chi connectivity index (χ4n) is 9.48. The van der Waals surface area contributed by atoms with Gasteiger partial charge in [0.2, 0.25) is 0 Å². The third kappa shape index (κ3) is 3.36. The van der Waals surface area contributed by atoms with Gasteiger partial charge in [0.25, 0.3) is 0 Å². The van der Waals surface area contributed by atoms with E-state index in [4.69, 9.17) is 5.11 Å². The molecular formula is C26H44O4. The predicted octanol–water partition coefficient (Wildman–Crippen LogP) is 5.11. The van der Waals surface area contributed by atoms with E-state index in [0.29, 0.717) is 41.4 Å². The summed E-state index contributed by atoms with van der Waals surface area (Å²) in [5.74, 6) is 2.58. The van der Waals surface area contributed by atoms with Crippen molar-refractivity contribution in [3.05, 3.63) is 0 Å². The van der Waals surface area contributed by atoms with E-state index in [1.807, 2.05) is 0 Å². The summed E-state index contributed by atoms with van der Waals surface area (Å²) in [5, 5.41) is 31.3. The highest BCUT2D eigenvalue weighted by molar-refractivity contribution is 5.66. The Kier molecular flexibility index (Phi) is 6.07. The number of hydrogen-bond donors (Lipinski definition) is 3. The minimum absolute atomic E-state index is 0.194. The third-order valence-electron chi connectivity index (χ3n) is 11.0. The zero-order valence-corrected chi connectivity index (χ0v) is 19.5. The SMILES string of the molecule is CC[C@H]1[C@@H](O)[C@@H]2[C@H](CC[C@]3(C)C([C@H](C)CCC(=O)O)CC[C@@H]23)[C@@]2(C)CC[C@@H](O)C[C@@H]12. The number of aliphatic hydroxyl groups is 2. The molecule has 4 saturated carbocycles. The molecule has 11 atom stereocenters. The maximum atomic E-state index is 11.7. The molecule has 0 aromatic rings. The molecule has 4 aliphatic rings. The molecule has 0 bridgehead atoms. The number of aliphatic carboxylic acids is 1. The highest BCUT2D eigenvalue weighted by Crippen LogP contribution is 2.69. The van der Waals surface area contributed by atoms with E-state index in [9.17, 15) is 15.0 Å². The van der Waals surface area contributed by atoms with Crippen LogP contribution in [0.2, 0.25) is 0 Å². The summed E-state index contributed by atoms with van der Waals surface area (Å²) >= 11 is 0. The highest BCUT2D eigenvalue weighted by atomic mass is 16.4. The normalized spacial score (nSPS) is 51.5. The van der Waals surface area contributed by atoms with Crippen LogP contribution < -0.4 is 0 Å². The third-order valence-corrected chi connectivity index (χ3v) is 11.0. The molecule has 0 saturated heterocycles. The van der Waals surface area contributed by atoms with Gasteiger partial charge in [0.05, 0.1) is 12.2 Å². The molecule has 0 amide bonds. The maximum Gasteiger partial charge on any atom is 0.303 e. The lowest BCUT2D eigenvalue weighted by Gasteiger charge is -2.64. The average molecular weight is 421 g/mol. The van der Waals surface area contributed by atoms with Crippen molar-refractivity contribution >= 4 is 5.97 Å². The first-order valence-corrected chi connectivity index (χ1v) is 12.7. The van der Waals surface area contributed by atoms with Crippen molar-refractivity contribution < 1.29 is 20.1 Å². The molecule has 0 aliphatic heterocycles. The van der Waals surface area contributed by atoms with Crippen molar-refractivity contribution in [3.63, 3.8) is 0 Å². The van der Waals surface area contributed by atoms with Crippen molar-refractivity contribution in [2.75, 3.05) is 0 Å². The van der Waals surface area contributed by atoms with Crippen molar-refractivity contribution in [1.82, 2.24) is 0 Å². The molecule has 0 heterocycles. The van der Waals surface area contributed by atoms with Crippen molar-refractivity contribution in [2.45, 2.75) is 104 Å². The molecule has 0 spiro atoms. The molecule has 0 aromatic heterocycles. The number of fused-ring (bicyclic) bond motifs is 5. The van der Waals surface area contributed by atoms with Crippen LogP contribution in [0.5, 0.6) is 0 Å². The van der Waals surface area contributed by atoms with Crippen molar-refractivity contribution in [2.24, 2.45) is 52.3 Å². The molecule has 30 heavy (non-hydrogen) atoms. The molecule has 172 valence electrons.